The van der Waals surface area contributed by atoms with E-state index in [1.165, 1.54) is 12.8 Å². The zero-order valence-electron chi connectivity index (χ0n) is 12.3. The molecule has 1 aromatic carbocycles. The van der Waals surface area contributed by atoms with Gasteiger partial charge in [-0.25, -0.2) is 0 Å². The Labute approximate surface area is 117 Å². The molecule has 0 saturated heterocycles. The molecule has 2 nitrogen and oxygen atoms in total. The van der Waals surface area contributed by atoms with E-state index in [0.717, 1.165) is 23.8 Å². The first-order chi connectivity index (χ1) is 9.22. The largest absolute Gasteiger partial charge is 0.481 e. The van der Waals surface area contributed by atoms with Crippen LogP contribution in [0.3, 0.4) is 0 Å². The first-order valence-corrected chi connectivity index (χ1v) is 7.10. The summed E-state index contributed by atoms with van der Waals surface area (Å²) in [5, 5.41) is 3.59. The number of hydrogen-bond donors (Lipinski definition) is 1. The van der Waals surface area contributed by atoms with E-state index in [1.54, 1.807) is 0 Å². The second-order valence-corrected chi connectivity index (χ2v) is 4.85. The molecule has 0 radical (unpaired) electrons. The van der Waals surface area contributed by atoms with Gasteiger partial charge in [0.1, 0.15) is 12.4 Å². The number of ether oxygens (including phenoxy) is 1. The van der Waals surface area contributed by atoms with Crippen LogP contribution in [0.25, 0.3) is 0 Å². The van der Waals surface area contributed by atoms with Gasteiger partial charge in [0.25, 0.3) is 0 Å². The molecule has 1 atom stereocenters. The highest BCUT2D eigenvalue weighted by Gasteiger charge is 2.13. The molecule has 0 saturated carbocycles. The van der Waals surface area contributed by atoms with Crippen molar-refractivity contribution in [2.45, 2.75) is 46.2 Å². The molecule has 1 N–H and O–H groups in total. The summed E-state index contributed by atoms with van der Waals surface area (Å²) >= 11 is 0. The third-order valence-corrected chi connectivity index (χ3v) is 3.65. The lowest BCUT2D eigenvalue weighted by molar-refractivity contribution is 0.342. The van der Waals surface area contributed by atoms with E-state index in [2.05, 4.69) is 38.1 Å². The molecule has 0 aliphatic rings. The molecule has 0 fully saturated rings. The summed E-state index contributed by atoms with van der Waals surface area (Å²) in [6.45, 7) is 7.88. The maximum Gasteiger partial charge on any atom is 0.148 e. The number of nitrogens with one attached hydrogen (secondary N) is 1. The van der Waals surface area contributed by atoms with Crippen molar-refractivity contribution in [3.8, 4) is 18.1 Å². The quantitative estimate of drug-likeness (QED) is 0.720. The van der Waals surface area contributed by atoms with Crippen LogP contribution in [0.5, 0.6) is 5.75 Å². The second-order valence-electron chi connectivity index (χ2n) is 4.85. The molecule has 0 aliphatic heterocycles. The first-order valence-electron chi connectivity index (χ1n) is 7.10. The third kappa shape index (κ3) is 4.96. The van der Waals surface area contributed by atoms with Crippen LogP contribution in [0.2, 0.25) is 0 Å². The fourth-order valence-corrected chi connectivity index (χ4v) is 2.34. The van der Waals surface area contributed by atoms with Gasteiger partial charge in [-0.1, -0.05) is 50.8 Å². The van der Waals surface area contributed by atoms with Crippen molar-refractivity contribution in [3.05, 3.63) is 29.8 Å². The van der Waals surface area contributed by atoms with Crippen molar-refractivity contribution in [2.75, 3.05) is 6.61 Å². The molecule has 2 heteroatoms. The number of rotatable bonds is 8. The van der Waals surface area contributed by atoms with Gasteiger partial charge in [0, 0.05) is 18.2 Å². The van der Waals surface area contributed by atoms with E-state index in [-0.39, 0.29) is 0 Å². The fourth-order valence-electron chi connectivity index (χ4n) is 2.34. The SMILES string of the molecule is C#CCOc1ccccc1CNC(C)C(CC)CC. The van der Waals surface area contributed by atoms with Crippen molar-refractivity contribution in [1.82, 2.24) is 5.32 Å². The highest BCUT2D eigenvalue weighted by atomic mass is 16.5. The number of para-hydroxylation sites is 1. The van der Waals surface area contributed by atoms with Gasteiger partial charge in [-0.2, -0.15) is 0 Å². The highest BCUT2D eigenvalue weighted by Crippen LogP contribution is 2.19. The van der Waals surface area contributed by atoms with Crippen LogP contribution < -0.4 is 10.1 Å². The van der Waals surface area contributed by atoms with E-state index in [1.807, 2.05) is 18.2 Å². The van der Waals surface area contributed by atoms with Crippen molar-refractivity contribution in [2.24, 2.45) is 5.92 Å². The van der Waals surface area contributed by atoms with Crippen molar-refractivity contribution >= 4 is 0 Å². The average molecular weight is 259 g/mol. The Bertz CT molecular complexity index is 404. The zero-order valence-corrected chi connectivity index (χ0v) is 12.3. The average Bonchev–Trinajstić information content (AvgIpc) is 2.45. The molecule has 0 heterocycles. The second kappa shape index (κ2) is 8.61. The molecule has 1 aromatic rings. The molecule has 0 aliphatic carbocycles. The van der Waals surface area contributed by atoms with Gasteiger partial charge in [-0.15, -0.1) is 6.42 Å². The summed E-state index contributed by atoms with van der Waals surface area (Å²) in [5.41, 5.74) is 1.16. The number of terminal acetylenes is 1. The molecular weight excluding hydrogens is 234 g/mol. The monoisotopic (exact) mass is 259 g/mol. The topological polar surface area (TPSA) is 21.3 Å². The van der Waals surface area contributed by atoms with E-state index >= 15 is 0 Å². The normalized spacial score (nSPS) is 12.2. The fraction of sp³-hybridized carbons (Fsp3) is 0.529. The van der Waals surface area contributed by atoms with E-state index < -0.39 is 0 Å². The van der Waals surface area contributed by atoms with Gasteiger partial charge >= 0.3 is 0 Å². The molecule has 0 aromatic heterocycles. The van der Waals surface area contributed by atoms with Crippen LogP contribution >= 0.6 is 0 Å². The Morgan fingerprint density at radius 1 is 1.26 bits per heavy atom. The summed E-state index contributed by atoms with van der Waals surface area (Å²) < 4.78 is 5.56. The Hall–Kier alpha value is -1.46. The molecule has 1 unspecified atom stereocenters. The molecule has 0 amide bonds. The molecule has 0 spiro atoms. The first kappa shape index (κ1) is 15.6. The summed E-state index contributed by atoms with van der Waals surface area (Å²) in [6.07, 6.45) is 7.65. The minimum absolute atomic E-state index is 0.319. The minimum Gasteiger partial charge on any atom is -0.481 e. The molecule has 1 rings (SSSR count). The van der Waals surface area contributed by atoms with Crippen LogP contribution in [0.1, 0.15) is 39.2 Å². The van der Waals surface area contributed by atoms with E-state index in [0.29, 0.717) is 12.6 Å². The van der Waals surface area contributed by atoms with Crippen LogP contribution in [-0.4, -0.2) is 12.6 Å². The van der Waals surface area contributed by atoms with E-state index in [4.69, 9.17) is 11.2 Å². The zero-order chi connectivity index (χ0) is 14.1. The van der Waals surface area contributed by atoms with Crippen molar-refractivity contribution in [1.29, 1.82) is 0 Å². The highest BCUT2D eigenvalue weighted by molar-refractivity contribution is 5.33. The molecule has 19 heavy (non-hydrogen) atoms. The van der Waals surface area contributed by atoms with Crippen LogP contribution in [0.15, 0.2) is 24.3 Å². The Kier molecular flexibility index (Phi) is 7.07. The smallest absolute Gasteiger partial charge is 0.148 e. The minimum atomic E-state index is 0.319. The van der Waals surface area contributed by atoms with Gasteiger partial charge < -0.3 is 10.1 Å². The van der Waals surface area contributed by atoms with Gasteiger partial charge in [-0.3, -0.25) is 0 Å². The lowest BCUT2D eigenvalue weighted by Gasteiger charge is -2.23. The van der Waals surface area contributed by atoms with Crippen LogP contribution in [0, 0.1) is 18.3 Å². The summed E-state index contributed by atoms with van der Waals surface area (Å²) in [6, 6.07) is 8.56. The lowest BCUT2D eigenvalue weighted by atomic mass is 9.95. The van der Waals surface area contributed by atoms with Crippen molar-refractivity contribution < 1.29 is 4.74 Å². The van der Waals surface area contributed by atoms with Crippen LogP contribution in [-0.2, 0) is 6.54 Å². The Morgan fingerprint density at radius 2 is 1.95 bits per heavy atom. The van der Waals surface area contributed by atoms with Gasteiger partial charge in [0.05, 0.1) is 0 Å². The molecule has 0 bridgehead atoms. The summed E-state index contributed by atoms with van der Waals surface area (Å²) in [4.78, 5) is 0. The predicted octanol–water partition coefficient (Wildman–Crippen LogP) is 3.61. The van der Waals surface area contributed by atoms with Gasteiger partial charge in [0.15, 0.2) is 0 Å². The summed E-state index contributed by atoms with van der Waals surface area (Å²) in [5.74, 6) is 4.10. The van der Waals surface area contributed by atoms with Crippen molar-refractivity contribution in [3.63, 3.8) is 0 Å². The summed E-state index contributed by atoms with van der Waals surface area (Å²) in [7, 11) is 0. The number of hydrogen-bond acceptors (Lipinski definition) is 2. The van der Waals surface area contributed by atoms with E-state index in [9.17, 15) is 0 Å². The maximum absolute atomic E-state index is 5.56. The maximum atomic E-state index is 5.56. The molecule has 104 valence electrons. The van der Waals surface area contributed by atoms with Crippen LogP contribution in [0.4, 0.5) is 0 Å². The lowest BCUT2D eigenvalue weighted by Crippen LogP contribution is -2.32. The predicted molar refractivity (Wildman–Crippen MR) is 81.1 cm³/mol. The third-order valence-electron chi connectivity index (χ3n) is 3.65. The standard InChI is InChI=1S/C17H25NO/c1-5-12-19-17-11-9-8-10-16(17)13-18-14(4)15(6-2)7-3/h1,8-11,14-15,18H,6-7,12-13H2,2-4H3. The Balaban J connectivity index is 2.59. The molecular formula is C17H25NO. The Morgan fingerprint density at radius 3 is 2.58 bits per heavy atom. The van der Waals surface area contributed by atoms with Gasteiger partial charge in [0.2, 0.25) is 0 Å². The number of benzene rings is 1. The van der Waals surface area contributed by atoms with Gasteiger partial charge in [-0.05, 0) is 18.9 Å².